The van der Waals surface area contributed by atoms with Crippen LogP contribution in [0.15, 0.2) is 0 Å². The van der Waals surface area contributed by atoms with Crippen LogP contribution in [0.3, 0.4) is 0 Å². The molecular formula is C9H18O6S2. The highest BCUT2D eigenvalue weighted by Gasteiger charge is 2.25. The normalized spacial score (nSPS) is 14.3. The topological polar surface area (TPSA) is 94.6 Å². The molecule has 0 aromatic rings. The molecule has 0 amide bonds. The molecule has 0 radical (unpaired) electrons. The van der Waals surface area contributed by atoms with Crippen molar-refractivity contribution in [2.45, 2.75) is 25.5 Å². The molecule has 17 heavy (non-hydrogen) atoms. The zero-order valence-electron chi connectivity index (χ0n) is 10.2. The minimum atomic E-state index is -3.59. The van der Waals surface area contributed by atoms with E-state index in [9.17, 15) is 21.6 Å². The molecule has 0 spiro atoms. The molecule has 0 aliphatic carbocycles. The van der Waals surface area contributed by atoms with E-state index in [4.69, 9.17) is 0 Å². The van der Waals surface area contributed by atoms with Gasteiger partial charge in [0.1, 0.15) is 9.84 Å². The van der Waals surface area contributed by atoms with Crippen molar-refractivity contribution >= 4 is 25.6 Å². The second-order valence-electron chi connectivity index (χ2n) is 3.82. The van der Waals surface area contributed by atoms with Gasteiger partial charge in [-0.1, -0.05) is 0 Å². The van der Waals surface area contributed by atoms with Crippen LogP contribution in [0, 0.1) is 0 Å². The molecule has 0 saturated carbocycles. The molecule has 102 valence electrons. The fourth-order valence-corrected chi connectivity index (χ4v) is 3.98. The third-order valence-electron chi connectivity index (χ3n) is 2.11. The minimum absolute atomic E-state index is 0.189. The van der Waals surface area contributed by atoms with Crippen LogP contribution in [-0.2, 0) is 29.2 Å². The van der Waals surface area contributed by atoms with Gasteiger partial charge in [0, 0.05) is 6.26 Å². The van der Waals surface area contributed by atoms with Gasteiger partial charge in [-0.3, -0.25) is 4.79 Å². The number of carbonyl (C=O) groups is 1. The van der Waals surface area contributed by atoms with Crippen molar-refractivity contribution in [3.8, 4) is 0 Å². The summed E-state index contributed by atoms with van der Waals surface area (Å²) in [5, 5.41) is -0.928. The number of ether oxygens (including phenoxy) is 1. The molecule has 6 nitrogen and oxygen atoms in total. The zero-order valence-corrected chi connectivity index (χ0v) is 11.8. The van der Waals surface area contributed by atoms with Gasteiger partial charge in [0.05, 0.1) is 29.8 Å². The zero-order chi connectivity index (χ0) is 13.7. The minimum Gasteiger partial charge on any atom is -0.466 e. The van der Waals surface area contributed by atoms with Crippen LogP contribution in [0.5, 0.6) is 0 Å². The number of hydrogen-bond acceptors (Lipinski definition) is 6. The molecular weight excluding hydrogens is 268 g/mol. The Hall–Kier alpha value is -0.630. The van der Waals surface area contributed by atoms with Crippen molar-refractivity contribution < 1.29 is 26.4 Å². The Bertz CT molecular complexity index is 448. The lowest BCUT2D eigenvalue weighted by molar-refractivity contribution is -0.143. The van der Waals surface area contributed by atoms with E-state index in [0.29, 0.717) is 0 Å². The van der Waals surface area contributed by atoms with Crippen LogP contribution in [0.2, 0.25) is 0 Å². The largest absolute Gasteiger partial charge is 0.466 e. The number of hydrogen-bond donors (Lipinski definition) is 0. The van der Waals surface area contributed by atoms with Crippen molar-refractivity contribution in [3.05, 3.63) is 0 Å². The van der Waals surface area contributed by atoms with Gasteiger partial charge < -0.3 is 4.74 Å². The summed E-state index contributed by atoms with van der Waals surface area (Å²) in [6.45, 7) is 3.18. The van der Waals surface area contributed by atoms with E-state index in [1.807, 2.05) is 0 Å². The molecule has 0 saturated heterocycles. The van der Waals surface area contributed by atoms with E-state index >= 15 is 0 Å². The first-order valence-electron chi connectivity index (χ1n) is 5.13. The van der Waals surface area contributed by atoms with Gasteiger partial charge in [0.25, 0.3) is 0 Å². The lowest BCUT2D eigenvalue weighted by atomic mass is 10.3. The SMILES string of the molecule is CCOC(=O)CC(C)S(=O)(=O)CCS(C)(=O)=O. The Labute approximate surface area is 102 Å². The summed E-state index contributed by atoms with van der Waals surface area (Å²) in [6.07, 6.45) is 0.721. The number of esters is 1. The van der Waals surface area contributed by atoms with Gasteiger partial charge in [-0.2, -0.15) is 0 Å². The average molecular weight is 286 g/mol. The van der Waals surface area contributed by atoms with Gasteiger partial charge >= 0.3 is 5.97 Å². The van der Waals surface area contributed by atoms with E-state index in [1.54, 1.807) is 6.92 Å². The third kappa shape index (κ3) is 7.32. The Morgan fingerprint density at radius 1 is 1.18 bits per heavy atom. The molecule has 8 heteroatoms. The van der Waals surface area contributed by atoms with Crippen LogP contribution in [0.1, 0.15) is 20.3 Å². The number of sulfone groups is 2. The second-order valence-corrected chi connectivity index (χ2v) is 8.62. The molecule has 0 N–H and O–H groups in total. The number of carbonyl (C=O) groups excluding carboxylic acids is 1. The van der Waals surface area contributed by atoms with Gasteiger partial charge in [-0.25, -0.2) is 16.8 Å². The molecule has 0 bridgehead atoms. The predicted molar refractivity (Wildman–Crippen MR) is 64.2 cm³/mol. The van der Waals surface area contributed by atoms with Crippen molar-refractivity contribution in [1.82, 2.24) is 0 Å². The summed E-state index contributed by atoms with van der Waals surface area (Å²) < 4.78 is 49.7. The van der Waals surface area contributed by atoms with Gasteiger partial charge in [0.2, 0.25) is 0 Å². The van der Waals surface area contributed by atoms with E-state index in [2.05, 4.69) is 4.74 Å². The van der Waals surface area contributed by atoms with Crippen LogP contribution < -0.4 is 0 Å². The lowest BCUT2D eigenvalue weighted by Crippen LogP contribution is -2.28. The molecule has 0 aliphatic rings. The first-order valence-corrected chi connectivity index (χ1v) is 8.91. The maximum atomic E-state index is 11.6. The molecule has 1 atom stereocenters. The molecule has 0 aliphatic heterocycles. The smallest absolute Gasteiger partial charge is 0.307 e. The highest BCUT2D eigenvalue weighted by atomic mass is 32.2. The summed E-state index contributed by atoms with van der Waals surface area (Å²) in [7, 11) is -6.91. The molecule has 1 unspecified atom stereocenters. The molecule has 0 heterocycles. The van der Waals surface area contributed by atoms with Crippen LogP contribution >= 0.6 is 0 Å². The van der Waals surface area contributed by atoms with E-state index < -0.39 is 42.4 Å². The van der Waals surface area contributed by atoms with Gasteiger partial charge in [-0.15, -0.1) is 0 Å². The Balaban J connectivity index is 4.46. The highest BCUT2D eigenvalue weighted by molar-refractivity contribution is 7.95. The first kappa shape index (κ1) is 16.4. The fraction of sp³-hybridized carbons (Fsp3) is 0.889. The van der Waals surface area contributed by atoms with Crippen LogP contribution in [-0.4, -0.2) is 52.4 Å². The maximum absolute atomic E-state index is 11.6. The summed E-state index contributed by atoms with van der Waals surface area (Å²) in [5.74, 6) is -1.49. The Morgan fingerprint density at radius 3 is 2.12 bits per heavy atom. The van der Waals surface area contributed by atoms with Crippen LogP contribution in [0.25, 0.3) is 0 Å². The Morgan fingerprint density at radius 2 is 1.71 bits per heavy atom. The standard InChI is InChI=1S/C9H18O6S2/c1-4-15-9(10)7-8(2)17(13,14)6-5-16(3,11)12/h8H,4-7H2,1-3H3. The average Bonchev–Trinajstić information content (AvgIpc) is 2.14. The molecule has 0 rings (SSSR count). The van der Waals surface area contributed by atoms with E-state index in [1.165, 1.54) is 6.92 Å². The third-order valence-corrected chi connectivity index (χ3v) is 5.48. The lowest BCUT2D eigenvalue weighted by Gasteiger charge is -2.11. The van der Waals surface area contributed by atoms with Crippen molar-refractivity contribution in [2.75, 3.05) is 24.4 Å². The predicted octanol–water partition coefficient (Wildman–Crippen LogP) is -0.212. The molecule has 0 aromatic heterocycles. The Kier molecular flexibility index (Phi) is 6.11. The van der Waals surface area contributed by atoms with Gasteiger partial charge in [-0.05, 0) is 13.8 Å². The molecule has 0 fully saturated rings. The molecule has 0 aromatic carbocycles. The number of rotatable bonds is 7. The quantitative estimate of drug-likeness (QED) is 0.601. The summed E-state index contributed by atoms with van der Waals surface area (Å²) in [6, 6.07) is 0. The van der Waals surface area contributed by atoms with E-state index in [-0.39, 0.29) is 13.0 Å². The highest BCUT2D eigenvalue weighted by Crippen LogP contribution is 2.08. The fourth-order valence-electron chi connectivity index (χ4n) is 1.05. The van der Waals surface area contributed by atoms with Crippen molar-refractivity contribution in [2.24, 2.45) is 0 Å². The van der Waals surface area contributed by atoms with Crippen molar-refractivity contribution in [3.63, 3.8) is 0 Å². The summed E-state index contributed by atoms with van der Waals surface area (Å²) >= 11 is 0. The first-order chi connectivity index (χ1) is 7.58. The second kappa shape index (κ2) is 6.34. The monoisotopic (exact) mass is 286 g/mol. The summed E-state index contributed by atoms with van der Waals surface area (Å²) in [5.41, 5.74) is 0. The van der Waals surface area contributed by atoms with E-state index in [0.717, 1.165) is 6.26 Å². The van der Waals surface area contributed by atoms with Crippen molar-refractivity contribution in [1.29, 1.82) is 0 Å². The maximum Gasteiger partial charge on any atom is 0.307 e. The summed E-state index contributed by atoms with van der Waals surface area (Å²) in [4.78, 5) is 11.1. The van der Waals surface area contributed by atoms with Gasteiger partial charge in [0.15, 0.2) is 9.84 Å². The van der Waals surface area contributed by atoms with Crippen LogP contribution in [0.4, 0.5) is 0 Å².